The number of nitrogens with zero attached hydrogens (tertiary/aromatic N) is 1. The number of carboxylic acids is 1. The average Bonchev–Trinajstić information content (AvgIpc) is 2.52. The van der Waals surface area contributed by atoms with Gasteiger partial charge >= 0.3 is 5.97 Å². The van der Waals surface area contributed by atoms with E-state index in [0.29, 0.717) is 15.6 Å². The van der Waals surface area contributed by atoms with Crippen molar-refractivity contribution in [3.05, 3.63) is 64.3 Å². The van der Waals surface area contributed by atoms with Crippen LogP contribution in [0.25, 0.3) is 10.9 Å². The number of nitrogens with one attached hydrogen (secondary N) is 1. The molecule has 22 heavy (non-hydrogen) atoms. The van der Waals surface area contributed by atoms with E-state index in [1.807, 2.05) is 12.1 Å². The summed E-state index contributed by atoms with van der Waals surface area (Å²) in [6, 6.07) is 11.9. The van der Waals surface area contributed by atoms with Crippen LogP contribution < -0.4 is 5.32 Å². The molecule has 0 saturated heterocycles. The molecule has 3 rings (SSSR count). The van der Waals surface area contributed by atoms with E-state index in [2.05, 4.69) is 10.3 Å². The summed E-state index contributed by atoms with van der Waals surface area (Å²) in [5.41, 5.74) is 2.43. The molecule has 0 spiro atoms. The van der Waals surface area contributed by atoms with Crippen molar-refractivity contribution in [2.45, 2.75) is 0 Å². The average molecular weight is 333 g/mol. The molecule has 0 radical (unpaired) electrons. The second-order valence-corrected chi connectivity index (χ2v) is 5.41. The zero-order chi connectivity index (χ0) is 15.7. The number of halogens is 2. The van der Waals surface area contributed by atoms with Crippen LogP contribution in [0.4, 0.5) is 11.4 Å². The molecule has 1 aromatic heterocycles. The number of rotatable bonds is 3. The van der Waals surface area contributed by atoms with Crippen molar-refractivity contribution in [1.29, 1.82) is 0 Å². The third-order valence-electron chi connectivity index (χ3n) is 3.21. The summed E-state index contributed by atoms with van der Waals surface area (Å²) in [4.78, 5) is 15.1. The Balaban J connectivity index is 2.00. The number of hydrogen-bond donors (Lipinski definition) is 2. The molecule has 0 amide bonds. The molecule has 0 bridgehead atoms. The summed E-state index contributed by atoms with van der Waals surface area (Å²) >= 11 is 12.2. The highest BCUT2D eigenvalue weighted by atomic mass is 35.5. The standard InChI is InChI=1S/C16H10Cl2N2O2/c17-12-6-5-11-13(7-8-19-15(11)14(12)18)20-10-3-1-9(2-4-10)16(21)22/h1-8H,(H,19,20)(H,21,22). The van der Waals surface area contributed by atoms with Crippen LogP contribution in [0.2, 0.25) is 10.0 Å². The molecule has 3 aromatic rings. The topological polar surface area (TPSA) is 62.2 Å². The SMILES string of the molecule is O=C(O)c1ccc(Nc2ccnc3c(Cl)c(Cl)ccc23)cc1. The number of benzene rings is 2. The van der Waals surface area contributed by atoms with Crippen molar-refractivity contribution in [1.82, 2.24) is 4.98 Å². The van der Waals surface area contributed by atoms with Gasteiger partial charge in [0.05, 0.1) is 21.1 Å². The summed E-state index contributed by atoms with van der Waals surface area (Å²) in [7, 11) is 0. The fourth-order valence-electron chi connectivity index (χ4n) is 2.12. The summed E-state index contributed by atoms with van der Waals surface area (Å²) in [6.07, 6.45) is 1.64. The first-order valence-corrected chi connectivity index (χ1v) is 7.15. The Bertz CT molecular complexity index is 864. The first-order valence-electron chi connectivity index (χ1n) is 6.39. The van der Waals surface area contributed by atoms with E-state index in [1.54, 1.807) is 24.4 Å². The largest absolute Gasteiger partial charge is 0.478 e. The zero-order valence-electron chi connectivity index (χ0n) is 11.2. The van der Waals surface area contributed by atoms with Gasteiger partial charge in [0.25, 0.3) is 0 Å². The number of carbonyl (C=O) groups is 1. The molecule has 0 fully saturated rings. The number of hydrogen-bond acceptors (Lipinski definition) is 3. The van der Waals surface area contributed by atoms with Crippen LogP contribution in [0.1, 0.15) is 10.4 Å². The molecular formula is C16H10Cl2N2O2. The minimum Gasteiger partial charge on any atom is -0.478 e. The first kappa shape index (κ1) is 14.6. The summed E-state index contributed by atoms with van der Waals surface area (Å²) in [6.45, 7) is 0. The predicted molar refractivity (Wildman–Crippen MR) is 88.4 cm³/mol. The summed E-state index contributed by atoms with van der Waals surface area (Å²) < 4.78 is 0. The Morgan fingerprint density at radius 1 is 1.05 bits per heavy atom. The molecule has 0 atom stereocenters. The van der Waals surface area contributed by atoms with Crippen LogP contribution in [0.15, 0.2) is 48.7 Å². The Morgan fingerprint density at radius 2 is 1.77 bits per heavy atom. The van der Waals surface area contributed by atoms with Gasteiger partial charge in [0.1, 0.15) is 0 Å². The lowest BCUT2D eigenvalue weighted by Crippen LogP contribution is -1.97. The lowest BCUT2D eigenvalue weighted by molar-refractivity contribution is 0.0697. The van der Waals surface area contributed by atoms with Gasteiger partial charge in [0.2, 0.25) is 0 Å². The number of anilines is 2. The Morgan fingerprint density at radius 3 is 2.45 bits per heavy atom. The third kappa shape index (κ3) is 2.71. The van der Waals surface area contributed by atoms with Gasteiger partial charge in [0.15, 0.2) is 0 Å². The normalized spacial score (nSPS) is 10.6. The summed E-state index contributed by atoms with van der Waals surface area (Å²) in [5.74, 6) is -0.956. The fourth-order valence-corrected chi connectivity index (χ4v) is 2.49. The number of pyridine rings is 1. The number of carboxylic acid groups (broad SMARTS) is 1. The van der Waals surface area contributed by atoms with Crippen molar-refractivity contribution in [2.75, 3.05) is 5.32 Å². The lowest BCUT2D eigenvalue weighted by Gasteiger charge is -2.11. The van der Waals surface area contributed by atoms with Crippen molar-refractivity contribution >= 4 is 51.4 Å². The smallest absolute Gasteiger partial charge is 0.335 e. The first-order chi connectivity index (χ1) is 10.6. The summed E-state index contributed by atoms with van der Waals surface area (Å²) in [5, 5.41) is 13.8. The minimum atomic E-state index is -0.956. The van der Waals surface area contributed by atoms with E-state index in [0.717, 1.165) is 16.8 Å². The monoisotopic (exact) mass is 332 g/mol. The second-order valence-electron chi connectivity index (χ2n) is 4.62. The van der Waals surface area contributed by atoms with Crippen LogP contribution >= 0.6 is 23.2 Å². The van der Waals surface area contributed by atoms with Gasteiger partial charge in [0, 0.05) is 23.0 Å². The van der Waals surface area contributed by atoms with Crippen molar-refractivity contribution in [2.24, 2.45) is 0 Å². The van der Waals surface area contributed by atoms with Crippen LogP contribution in [0.5, 0.6) is 0 Å². The Hall–Kier alpha value is -2.30. The van der Waals surface area contributed by atoms with Gasteiger partial charge in [-0.2, -0.15) is 0 Å². The van der Waals surface area contributed by atoms with E-state index in [9.17, 15) is 4.79 Å². The Labute approximate surface area is 136 Å². The molecule has 0 aliphatic heterocycles. The van der Waals surface area contributed by atoms with Crippen LogP contribution in [-0.2, 0) is 0 Å². The van der Waals surface area contributed by atoms with E-state index < -0.39 is 5.97 Å². The maximum absolute atomic E-state index is 10.9. The molecule has 0 aliphatic carbocycles. The van der Waals surface area contributed by atoms with E-state index >= 15 is 0 Å². The zero-order valence-corrected chi connectivity index (χ0v) is 12.7. The molecule has 0 aliphatic rings. The van der Waals surface area contributed by atoms with Gasteiger partial charge in [-0.3, -0.25) is 4.98 Å². The number of aromatic nitrogens is 1. The van der Waals surface area contributed by atoms with E-state index in [4.69, 9.17) is 28.3 Å². The molecule has 110 valence electrons. The lowest BCUT2D eigenvalue weighted by atomic mass is 10.1. The highest BCUT2D eigenvalue weighted by molar-refractivity contribution is 6.45. The van der Waals surface area contributed by atoms with Gasteiger partial charge in [-0.25, -0.2) is 4.79 Å². The van der Waals surface area contributed by atoms with Crippen molar-refractivity contribution < 1.29 is 9.90 Å². The predicted octanol–water partition coefficient (Wildman–Crippen LogP) is 4.98. The molecule has 6 heteroatoms. The number of fused-ring (bicyclic) bond motifs is 1. The molecular weight excluding hydrogens is 323 g/mol. The van der Waals surface area contributed by atoms with Gasteiger partial charge < -0.3 is 10.4 Å². The van der Waals surface area contributed by atoms with Crippen LogP contribution in [0, 0.1) is 0 Å². The van der Waals surface area contributed by atoms with Crippen molar-refractivity contribution in [3.8, 4) is 0 Å². The quantitative estimate of drug-likeness (QED) is 0.709. The maximum atomic E-state index is 10.9. The maximum Gasteiger partial charge on any atom is 0.335 e. The fraction of sp³-hybridized carbons (Fsp3) is 0. The third-order valence-corrected chi connectivity index (χ3v) is 4.01. The van der Waals surface area contributed by atoms with E-state index in [-0.39, 0.29) is 5.56 Å². The number of aromatic carboxylic acids is 1. The van der Waals surface area contributed by atoms with Crippen LogP contribution in [0.3, 0.4) is 0 Å². The Kier molecular flexibility index (Phi) is 3.88. The van der Waals surface area contributed by atoms with Gasteiger partial charge in [-0.15, -0.1) is 0 Å². The highest BCUT2D eigenvalue weighted by Gasteiger charge is 2.09. The highest BCUT2D eigenvalue weighted by Crippen LogP contribution is 2.33. The molecule has 0 saturated carbocycles. The van der Waals surface area contributed by atoms with Crippen LogP contribution in [-0.4, -0.2) is 16.1 Å². The molecule has 1 heterocycles. The van der Waals surface area contributed by atoms with Crippen molar-refractivity contribution in [3.63, 3.8) is 0 Å². The molecule has 4 nitrogen and oxygen atoms in total. The minimum absolute atomic E-state index is 0.236. The van der Waals surface area contributed by atoms with E-state index in [1.165, 1.54) is 12.1 Å². The van der Waals surface area contributed by atoms with Gasteiger partial charge in [-0.05, 0) is 42.5 Å². The molecule has 2 N–H and O–H groups in total. The molecule has 0 unspecified atom stereocenters. The molecule has 2 aromatic carbocycles. The second kappa shape index (κ2) is 5.83. The van der Waals surface area contributed by atoms with Gasteiger partial charge in [-0.1, -0.05) is 23.2 Å².